The number of benzene rings is 1. The maximum atomic E-state index is 5.88. The Morgan fingerprint density at radius 1 is 0.950 bits per heavy atom. The molecule has 0 radical (unpaired) electrons. The normalized spacial score (nSPS) is 12.0. The third-order valence-corrected chi connectivity index (χ3v) is 2.83. The van der Waals surface area contributed by atoms with Gasteiger partial charge in [0.15, 0.2) is 0 Å². The molecular weight excluding hydrogens is 248 g/mol. The number of ether oxygens (including phenoxy) is 1. The second-order valence-corrected chi connectivity index (χ2v) is 6.90. The minimum Gasteiger partial charge on any atom is -0.488 e. The van der Waals surface area contributed by atoms with E-state index in [2.05, 4.69) is 70.5 Å². The molecule has 0 saturated carbocycles. The van der Waals surface area contributed by atoms with E-state index in [4.69, 9.17) is 4.74 Å². The number of fused-ring (bicyclic) bond motifs is 1. The molecule has 2 rings (SSSR count). The van der Waals surface area contributed by atoms with Gasteiger partial charge in [0.2, 0.25) is 0 Å². The van der Waals surface area contributed by atoms with Gasteiger partial charge in [-0.2, -0.15) is 0 Å². The van der Waals surface area contributed by atoms with Crippen LogP contribution in [-0.2, 0) is 5.41 Å². The Labute approximate surface area is 122 Å². The van der Waals surface area contributed by atoms with Gasteiger partial charge < -0.3 is 15.5 Å². The Morgan fingerprint density at radius 2 is 1.55 bits per heavy atom. The second kappa shape index (κ2) is 5.88. The summed E-state index contributed by atoms with van der Waals surface area (Å²) in [4.78, 5) is 3.48. The number of rotatable bonds is 1. The molecule has 20 heavy (non-hydrogen) atoms. The first-order valence-electron chi connectivity index (χ1n) is 7.05. The third kappa shape index (κ3) is 4.27. The summed E-state index contributed by atoms with van der Waals surface area (Å²) in [5, 5.41) is 1.24. The summed E-state index contributed by atoms with van der Waals surface area (Å²) in [7, 11) is 1.50. The number of aromatic amines is 1. The van der Waals surface area contributed by atoms with Crippen LogP contribution >= 0.6 is 0 Å². The van der Waals surface area contributed by atoms with Gasteiger partial charge in [-0.25, -0.2) is 0 Å². The number of hydrogen-bond acceptors (Lipinski definition) is 2. The predicted molar refractivity (Wildman–Crippen MR) is 87.5 cm³/mol. The minimum atomic E-state index is -0.160. The predicted octanol–water partition coefficient (Wildman–Crippen LogP) is 4.22. The molecule has 3 heteroatoms. The first-order valence-corrected chi connectivity index (χ1v) is 7.05. The zero-order valence-electron chi connectivity index (χ0n) is 13.8. The molecule has 0 aliphatic heterocycles. The molecule has 0 fully saturated rings. The third-order valence-electron chi connectivity index (χ3n) is 2.83. The molecule has 0 atom stereocenters. The quantitative estimate of drug-likeness (QED) is 0.819. The van der Waals surface area contributed by atoms with E-state index >= 15 is 0 Å². The standard InChI is InChI=1S/C16H23NO.CH5N/c1-15(2,3)14-9-11-7-8-12(10-13(11)17-14)18-16(4,5)6;1-2/h7-10,17H,1-6H3;2H2,1H3. The topological polar surface area (TPSA) is 51.0 Å². The molecule has 0 unspecified atom stereocenters. The van der Waals surface area contributed by atoms with Crippen molar-refractivity contribution >= 4 is 10.9 Å². The van der Waals surface area contributed by atoms with Crippen molar-refractivity contribution in [3.8, 4) is 5.75 Å². The van der Waals surface area contributed by atoms with Crippen LogP contribution in [-0.4, -0.2) is 17.6 Å². The molecule has 0 aliphatic carbocycles. The number of aromatic nitrogens is 1. The van der Waals surface area contributed by atoms with Crippen molar-refractivity contribution in [2.75, 3.05) is 7.05 Å². The Morgan fingerprint density at radius 3 is 2.05 bits per heavy atom. The molecule has 2 aromatic rings. The molecule has 3 N–H and O–H groups in total. The monoisotopic (exact) mass is 276 g/mol. The van der Waals surface area contributed by atoms with Crippen LogP contribution in [0, 0.1) is 0 Å². The number of H-pyrrole nitrogens is 1. The van der Waals surface area contributed by atoms with E-state index in [0.717, 1.165) is 11.3 Å². The highest BCUT2D eigenvalue weighted by molar-refractivity contribution is 5.82. The lowest BCUT2D eigenvalue weighted by Gasteiger charge is -2.21. The van der Waals surface area contributed by atoms with Crippen LogP contribution in [0.15, 0.2) is 24.3 Å². The van der Waals surface area contributed by atoms with Crippen LogP contribution in [0.3, 0.4) is 0 Å². The summed E-state index contributed by atoms with van der Waals surface area (Å²) >= 11 is 0. The van der Waals surface area contributed by atoms with E-state index in [1.165, 1.54) is 18.1 Å². The molecule has 0 saturated heterocycles. The Kier molecular flexibility index (Phi) is 4.87. The SMILES string of the molecule is CC(C)(C)Oc1ccc2cc(C(C)(C)C)[nH]c2c1.CN. The van der Waals surface area contributed by atoms with Gasteiger partial charge in [-0.15, -0.1) is 0 Å². The van der Waals surface area contributed by atoms with Crippen molar-refractivity contribution < 1.29 is 4.74 Å². The van der Waals surface area contributed by atoms with Crippen molar-refractivity contribution in [1.82, 2.24) is 4.98 Å². The minimum absolute atomic E-state index is 0.143. The van der Waals surface area contributed by atoms with Gasteiger partial charge in [-0.1, -0.05) is 20.8 Å². The average molecular weight is 276 g/mol. The van der Waals surface area contributed by atoms with E-state index in [1.54, 1.807) is 0 Å². The van der Waals surface area contributed by atoms with Crippen molar-refractivity contribution in [2.24, 2.45) is 5.73 Å². The zero-order valence-corrected chi connectivity index (χ0v) is 13.8. The van der Waals surface area contributed by atoms with Gasteiger partial charge in [0.05, 0.1) is 0 Å². The molecule has 0 aliphatic rings. The van der Waals surface area contributed by atoms with Gasteiger partial charge in [0, 0.05) is 22.7 Å². The first-order chi connectivity index (χ1) is 9.15. The van der Waals surface area contributed by atoms with Crippen molar-refractivity contribution in [2.45, 2.75) is 52.6 Å². The smallest absolute Gasteiger partial charge is 0.122 e. The Balaban J connectivity index is 0.000000956. The molecule has 0 amide bonds. The largest absolute Gasteiger partial charge is 0.488 e. The van der Waals surface area contributed by atoms with E-state index in [1.807, 2.05) is 6.07 Å². The van der Waals surface area contributed by atoms with Gasteiger partial charge in [-0.05, 0) is 51.4 Å². The van der Waals surface area contributed by atoms with Crippen LogP contribution < -0.4 is 10.5 Å². The molecule has 1 heterocycles. The molecule has 0 bridgehead atoms. The second-order valence-electron chi connectivity index (χ2n) is 6.90. The average Bonchev–Trinajstić information content (AvgIpc) is 2.72. The van der Waals surface area contributed by atoms with Crippen LogP contribution in [0.1, 0.15) is 47.2 Å². The van der Waals surface area contributed by atoms with Crippen LogP contribution in [0.25, 0.3) is 10.9 Å². The number of hydrogen-bond donors (Lipinski definition) is 2. The molecule has 1 aromatic heterocycles. The lowest BCUT2D eigenvalue weighted by molar-refractivity contribution is 0.131. The first kappa shape index (κ1) is 16.6. The fourth-order valence-corrected chi connectivity index (χ4v) is 1.93. The Hall–Kier alpha value is -1.48. The summed E-state index contributed by atoms with van der Waals surface area (Å²) in [5.74, 6) is 0.914. The van der Waals surface area contributed by atoms with Crippen LogP contribution in [0.2, 0.25) is 0 Å². The maximum Gasteiger partial charge on any atom is 0.122 e. The zero-order chi connectivity index (χ0) is 15.6. The number of nitrogens with one attached hydrogen (secondary N) is 1. The van der Waals surface area contributed by atoms with Crippen LogP contribution in [0.4, 0.5) is 0 Å². The summed E-state index contributed by atoms with van der Waals surface area (Å²) < 4.78 is 5.88. The molecule has 3 nitrogen and oxygen atoms in total. The molecular formula is C17H28N2O. The summed E-state index contributed by atoms with van der Waals surface area (Å²) in [6.45, 7) is 12.8. The highest BCUT2D eigenvalue weighted by Gasteiger charge is 2.17. The fraction of sp³-hybridized carbons (Fsp3) is 0.529. The van der Waals surface area contributed by atoms with Gasteiger partial charge in [-0.3, -0.25) is 0 Å². The highest BCUT2D eigenvalue weighted by Crippen LogP contribution is 2.29. The summed E-state index contributed by atoms with van der Waals surface area (Å²) in [5.41, 5.74) is 6.88. The van der Waals surface area contributed by atoms with Gasteiger partial charge in [0.1, 0.15) is 11.4 Å². The molecule has 112 valence electrons. The van der Waals surface area contributed by atoms with Crippen molar-refractivity contribution in [3.63, 3.8) is 0 Å². The summed E-state index contributed by atoms with van der Waals surface area (Å²) in [6.07, 6.45) is 0. The van der Waals surface area contributed by atoms with Gasteiger partial charge >= 0.3 is 0 Å². The van der Waals surface area contributed by atoms with E-state index in [-0.39, 0.29) is 11.0 Å². The van der Waals surface area contributed by atoms with E-state index < -0.39 is 0 Å². The van der Waals surface area contributed by atoms with Crippen LogP contribution in [0.5, 0.6) is 5.75 Å². The maximum absolute atomic E-state index is 5.88. The van der Waals surface area contributed by atoms with E-state index in [9.17, 15) is 0 Å². The van der Waals surface area contributed by atoms with Gasteiger partial charge in [0.25, 0.3) is 0 Å². The van der Waals surface area contributed by atoms with E-state index in [0.29, 0.717) is 0 Å². The number of nitrogens with two attached hydrogens (primary N) is 1. The molecule has 0 spiro atoms. The lowest BCUT2D eigenvalue weighted by atomic mass is 9.92. The Bertz CT molecular complexity index is 556. The van der Waals surface area contributed by atoms with Crippen molar-refractivity contribution in [3.05, 3.63) is 30.0 Å². The summed E-state index contributed by atoms with van der Waals surface area (Å²) in [6, 6.07) is 8.45. The fourth-order valence-electron chi connectivity index (χ4n) is 1.93. The lowest BCUT2D eigenvalue weighted by Crippen LogP contribution is -2.22. The molecule has 1 aromatic carbocycles. The van der Waals surface area contributed by atoms with Crippen molar-refractivity contribution in [1.29, 1.82) is 0 Å². The highest BCUT2D eigenvalue weighted by atomic mass is 16.5.